The summed E-state index contributed by atoms with van der Waals surface area (Å²) < 4.78 is 5.59. The fourth-order valence-corrected chi connectivity index (χ4v) is 1.99. The number of nitrogens with zero attached hydrogens (tertiary/aromatic N) is 1. The van der Waals surface area contributed by atoms with Crippen LogP contribution in [0.3, 0.4) is 0 Å². The first kappa shape index (κ1) is 12.2. The maximum absolute atomic E-state index is 12.0. The first-order chi connectivity index (χ1) is 7.04. The summed E-state index contributed by atoms with van der Waals surface area (Å²) >= 11 is 0. The molecule has 3 heteroatoms. The van der Waals surface area contributed by atoms with Crippen LogP contribution in [0.25, 0.3) is 0 Å². The highest BCUT2D eigenvalue weighted by molar-refractivity contribution is 5.92. The summed E-state index contributed by atoms with van der Waals surface area (Å²) in [5, 5.41) is 0. The van der Waals surface area contributed by atoms with E-state index in [-0.39, 0.29) is 18.1 Å². The van der Waals surface area contributed by atoms with E-state index in [9.17, 15) is 4.79 Å². The molecule has 1 heterocycles. The monoisotopic (exact) mass is 211 g/mol. The van der Waals surface area contributed by atoms with E-state index in [2.05, 4.69) is 0 Å². The number of morpholine rings is 1. The van der Waals surface area contributed by atoms with Crippen LogP contribution < -0.4 is 0 Å². The Morgan fingerprint density at radius 2 is 1.93 bits per heavy atom. The zero-order valence-corrected chi connectivity index (χ0v) is 10.1. The van der Waals surface area contributed by atoms with Gasteiger partial charge < -0.3 is 9.64 Å². The van der Waals surface area contributed by atoms with Crippen LogP contribution in [0, 0.1) is 0 Å². The Labute approximate surface area is 92.1 Å². The van der Waals surface area contributed by atoms with Crippen molar-refractivity contribution >= 4 is 5.91 Å². The molecular formula is C12H21NO2. The fraction of sp³-hybridized carbons (Fsp3) is 0.750. The second kappa shape index (κ2) is 5.31. The van der Waals surface area contributed by atoms with Crippen molar-refractivity contribution in [1.82, 2.24) is 4.90 Å². The Balaban J connectivity index is 2.63. The lowest BCUT2D eigenvalue weighted by molar-refractivity contribution is -0.139. The van der Waals surface area contributed by atoms with Crippen LogP contribution in [-0.2, 0) is 9.53 Å². The van der Waals surface area contributed by atoms with Crippen molar-refractivity contribution in [2.45, 2.75) is 46.3 Å². The number of rotatable bonds is 2. The normalized spacial score (nSPS) is 28.0. The quantitative estimate of drug-likeness (QED) is 0.654. The molecule has 0 aromatic heterocycles. The summed E-state index contributed by atoms with van der Waals surface area (Å²) in [5.41, 5.74) is 0.846. The molecule has 0 aromatic rings. The van der Waals surface area contributed by atoms with Crippen LogP contribution in [0.15, 0.2) is 11.6 Å². The van der Waals surface area contributed by atoms with E-state index >= 15 is 0 Å². The summed E-state index contributed by atoms with van der Waals surface area (Å²) in [5.74, 6) is 0.152. The Kier molecular flexibility index (Phi) is 4.33. The Morgan fingerprint density at radius 1 is 1.40 bits per heavy atom. The third-order valence-electron chi connectivity index (χ3n) is 2.55. The summed E-state index contributed by atoms with van der Waals surface area (Å²) in [4.78, 5) is 13.9. The van der Waals surface area contributed by atoms with Gasteiger partial charge in [-0.1, -0.05) is 13.0 Å². The number of hydrogen-bond acceptors (Lipinski definition) is 2. The molecule has 0 radical (unpaired) electrons. The van der Waals surface area contributed by atoms with E-state index in [1.807, 2.05) is 38.7 Å². The minimum absolute atomic E-state index is 0.145. The van der Waals surface area contributed by atoms with Crippen molar-refractivity contribution in [3.63, 3.8) is 0 Å². The minimum atomic E-state index is 0.145. The van der Waals surface area contributed by atoms with E-state index in [0.29, 0.717) is 13.1 Å². The molecule has 0 aromatic carbocycles. The lowest BCUT2D eigenvalue weighted by atomic mass is 10.1. The van der Waals surface area contributed by atoms with Crippen LogP contribution in [0.1, 0.15) is 34.1 Å². The van der Waals surface area contributed by atoms with Crippen molar-refractivity contribution in [3.05, 3.63) is 11.6 Å². The summed E-state index contributed by atoms with van der Waals surface area (Å²) in [6, 6.07) is 0. The largest absolute Gasteiger partial charge is 0.372 e. The highest BCUT2D eigenvalue weighted by atomic mass is 16.5. The van der Waals surface area contributed by atoms with Gasteiger partial charge in [0.05, 0.1) is 12.2 Å². The van der Waals surface area contributed by atoms with Gasteiger partial charge in [-0.3, -0.25) is 4.79 Å². The molecule has 3 nitrogen and oxygen atoms in total. The lowest BCUT2D eigenvalue weighted by Gasteiger charge is -2.35. The molecule has 15 heavy (non-hydrogen) atoms. The molecule has 1 fully saturated rings. The molecule has 0 saturated carbocycles. The zero-order valence-electron chi connectivity index (χ0n) is 10.1. The van der Waals surface area contributed by atoms with Crippen LogP contribution in [0.2, 0.25) is 0 Å². The number of allylic oxidation sites excluding steroid dienone is 1. The maximum atomic E-state index is 12.0. The molecule has 0 aliphatic carbocycles. The predicted octanol–water partition coefficient (Wildman–Crippen LogP) is 1.98. The van der Waals surface area contributed by atoms with Gasteiger partial charge in [-0.15, -0.1) is 0 Å². The number of ether oxygens (including phenoxy) is 1. The molecule has 0 spiro atoms. The van der Waals surface area contributed by atoms with Gasteiger partial charge in [0.2, 0.25) is 5.91 Å². The fourth-order valence-electron chi connectivity index (χ4n) is 1.99. The van der Waals surface area contributed by atoms with Crippen LogP contribution in [0.5, 0.6) is 0 Å². The number of carbonyl (C=O) groups excluding carboxylic acids is 1. The lowest BCUT2D eigenvalue weighted by Crippen LogP contribution is -2.48. The van der Waals surface area contributed by atoms with E-state index in [1.165, 1.54) is 0 Å². The first-order valence-electron chi connectivity index (χ1n) is 5.66. The molecule has 86 valence electrons. The standard InChI is InChI=1S/C12H21NO2/c1-5-6-9(2)12(14)13-7-10(3)15-11(4)8-13/h6,10-11H,5,7-8H2,1-4H3/b9-6+. The number of carbonyl (C=O) groups is 1. The average Bonchev–Trinajstić information content (AvgIpc) is 2.15. The smallest absolute Gasteiger partial charge is 0.249 e. The van der Waals surface area contributed by atoms with Crippen molar-refractivity contribution in [3.8, 4) is 0 Å². The molecule has 0 bridgehead atoms. The van der Waals surface area contributed by atoms with Crippen LogP contribution in [0.4, 0.5) is 0 Å². The van der Waals surface area contributed by atoms with E-state index in [4.69, 9.17) is 4.74 Å². The first-order valence-corrected chi connectivity index (χ1v) is 5.66. The predicted molar refractivity (Wildman–Crippen MR) is 60.6 cm³/mol. The van der Waals surface area contributed by atoms with E-state index < -0.39 is 0 Å². The van der Waals surface area contributed by atoms with Gasteiger partial charge in [0.15, 0.2) is 0 Å². The number of amides is 1. The highest BCUT2D eigenvalue weighted by Crippen LogP contribution is 2.13. The second-order valence-electron chi connectivity index (χ2n) is 4.26. The van der Waals surface area contributed by atoms with Gasteiger partial charge in [-0.25, -0.2) is 0 Å². The Hall–Kier alpha value is -0.830. The van der Waals surface area contributed by atoms with E-state index in [1.54, 1.807) is 0 Å². The third kappa shape index (κ3) is 3.34. The molecular weight excluding hydrogens is 190 g/mol. The zero-order chi connectivity index (χ0) is 11.4. The molecule has 1 saturated heterocycles. The SMILES string of the molecule is CC/C=C(\C)C(=O)N1CC(C)OC(C)C1. The van der Waals surface area contributed by atoms with Gasteiger partial charge in [-0.05, 0) is 27.2 Å². The van der Waals surface area contributed by atoms with Gasteiger partial charge in [-0.2, -0.15) is 0 Å². The van der Waals surface area contributed by atoms with Crippen molar-refractivity contribution < 1.29 is 9.53 Å². The van der Waals surface area contributed by atoms with Gasteiger partial charge in [0.25, 0.3) is 0 Å². The van der Waals surface area contributed by atoms with Crippen LogP contribution >= 0.6 is 0 Å². The third-order valence-corrected chi connectivity index (χ3v) is 2.55. The molecule has 1 rings (SSSR count). The number of hydrogen-bond donors (Lipinski definition) is 0. The summed E-state index contributed by atoms with van der Waals surface area (Å²) in [6.07, 6.45) is 3.18. The van der Waals surface area contributed by atoms with Gasteiger partial charge in [0.1, 0.15) is 0 Å². The maximum Gasteiger partial charge on any atom is 0.249 e. The van der Waals surface area contributed by atoms with Crippen LogP contribution in [-0.4, -0.2) is 36.1 Å². The topological polar surface area (TPSA) is 29.5 Å². The highest BCUT2D eigenvalue weighted by Gasteiger charge is 2.26. The molecule has 2 atom stereocenters. The summed E-state index contributed by atoms with van der Waals surface area (Å²) in [6.45, 7) is 9.36. The van der Waals surface area contributed by atoms with Crippen molar-refractivity contribution in [2.24, 2.45) is 0 Å². The van der Waals surface area contributed by atoms with Gasteiger partial charge >= 0.3 is 0 Å². The second-order valence-corrected chi connectivity index (χ2v) is 4.26. The van der Waals surface area contributed by atoms with Crippen molar-refractivity contribution in [2.75, 3.05) is 13.1 Å². The van der Waals surface area contributed by atoms with Crippen molar-refractivity contribution in [1.29, 1.82) is 0 Å². The van der Waals surface area contributed by atoms with Gasteiger partial charge in [0, 0.05) is 18.7 Å². The molecule has 1 aliphatic rings. The molecule has 0 N–H and O–H groups in total. The average molecular weight is 211 g/mol. The summed E-state index contributed by atoms with van der Waals surface area (Å²) in [7, 11) is 0. The Morgan fingerprint density at radius 3 is 2.40 bits per heavy atom. The van der Waals surface area contributed by atoms with E-state index in [0.717, 1.165) is 12.0 Å². The Bertz CT molecular complexity index is 250. The molecule has 1 amide bonds. The minimum Gasteiger partial charge on any atom is -0.372 e. The molecule has 1 aliphatic heterocycles. The molecule has 2 unspecified atom stereocenters.